The van der Waals surface area contributed by atoms with Crippen molar-refractivity contribution in [2.24, 2.45) is 5.92 Å². The van der Waals surface area contributed by atoms with Crippen molar-refractivity contribution in [2.75, 3.05) is 6.61 Å². The lowest BCUT2D eigenvalue weighted by Gasteiger charge is -2.14. The molecule has 0 saturated heterocycles. The fourth-order valence-corrected chi connectivity index (χ4v) is 1.88. The molecule has 1 atom stereocenters. The maximum Gasteiger partial charge on any atom is 0.0431 e. The summed E-state index contributed by atoms with van der Waals surface area (Å²) in [6, 6.07) is 0. The summed E-state index contributed by atoms with van der Waals surface area (Å²) in [5.74, 6) is 0.927. The van der Waals surface area contributed by atoms with Gasteiger partial charge >= 0.3 is 0 Å². The van der Waals surface area contributed by atoms with Crippen LogP contribution in [0.1, 0.15) is 65.2 Å². The molecule has 0 fully saturated rings. The van der Waals surface area contributed by atoms with E-state index in [0.717, 1.165) is 12.3 Å². The van der Waals surface area contributed by atoms with Crippen LogP contribution in [0.5, 0.6) is 0 Å². The van der Waals surface area contributed by atoms with Crippen molar-refractivity contribution in [2.45, 2.75) is 65.2 Å². The van der Waals surface area contributed by atoms with E-state index in [1.165, 1.54) is 44.9 Å². The smallest absolute Gasteiger partial charge is 0.0431 e. The van der Waals surface area contributed by atoms with Gasteiger partial charge in [0.15, 0.2) is 0 Å². The second-order valence-electron chi connectivity index (χ2n) is 4.02. The third-order valence-electron chi connectivity index (χ3n) is 2.68. The Balaban J connectivity index is 3.41. The highest BCUT2D eigenvalue weighted by Crippen LogP contribution is 2.20. The van der Waals surface area contributed by atoms with Crippen molar-refractivity contribution in [3.05, 3.63) is 0 Å². The zero-order valence-electron chi connectivity index (χ0n) is 9.39. The van der Waals surface area contributed by atoms with E-state index >= 15 is 0 Å². The second-order valence-corrected chi connectivity index (χ2v) is 4.02. The molecule has 0 aromatic heterocycles. The van der Waals surface area contributed by atoms with Crippen molar-refractivity contribution in [1.29, 1.82) is 0 Å². The molecule has 1 heteroatoms. The Labute approximate surface area is 83.5 Å². The molecule has 0 aliphatic rings. The summed E-state index contributed by atoms with van der Waals surface area (Å²) in [6.45, 7) is 4.90. The topological polar surface area (TPSA) is 20.2 Å². The summed E-state index contributed by atoms with van der Waals surface area (Å²) in [7, 11) is 0. The average Bonchev–Trinajstić information content (AvgIpc) is 2.14. The predicted octanol–water partition coefficient (Wildman–Crippen LogP) is 3.76. The molecule has 0 aliphatic carbocycles. The zero-order chi connectivity index (χ0) is 9.94. The summed E-state index contributed by atoms with van der Waals surface area (Å²) < 4.78 is 0. The Morgan fingerprint density at radius 1 is 0.846 bits per heavy atom. The largest absolute Gasteiger partial charge is 0.396 e. The lowest BCUT2D eigenvalue weighted by Crippen LogP contribution is -2.00. The average molecular weight is 186 g/mol. The third-order valence-corrected chi connectivity index (χ3v) is 2.68. The first kappa shape index (κ1) is 13.0. The molecule has 0 heterocycles. The molecule has 0 saturated carbocycles. The Kier molecular flexibility index (Phi) is 10.0. The van der Waals surface area contributed by atoms with Crippen LogP contribution in [0.3, 0.4) is 0 Å². The molecular weight excluding hydrogens is 160 g/mol. The monoisotopic (exact) mass is 186 g/mol. The molecule has 13 heavy (non-hydrogen) atoms. The molecule has 80 valence electrons. The Bertz CT molecular complexity index is 91.1. The Morgan fingerprint density at radius 3 is 2.08 bits per heavy atom. The highest BCUT2D eigenvalue weighted by atomic mass is 16.2. The van der Waals surface area contributed by atoms with Crippen molar-refractivity contribution in [3.63, 3.8) is 0 Å². The van der Waals surface area contributed by atoms with Gasteiger partial charge in [-0.2, -0.15) is 0 Å². The summed E-state index contributed by atoms with van der Waals surface area (Å²) in [4.78, 5) is 0. The molecule has 0 spiro atoms. The maximum absolute atomic E-state index is 8.69. The quantitative estimate of drug-likeness (QED) is 0.544. The molecule has 0 amide bonds. The summed E-state index contributed by atoms with van der Waals surface area (Å²) in [5, 5.41) is 8.69. The predicted molar refractivity (Wildman–Crippen MR) is 58.9 cm³/mol. The van der Waals surface area contributed by atoms with Gasteiger partial charge in [0.1, 0.15) is 0 Å². The van der Waals surface area contributed by atoms with E-state index in [4.69, 9.17) is 5.11 Å². The van der Waals surface area contributed by atoms with Crippen LogP contribution in [0.2, 0.25) is 0 Å². The van der Waals surface area contributed by atoms with Gasteiger partial charge in [-0.1, -0.05) is 58.8 Å². The van der Waals surface area contributed by atoms with Crippen LogP contribution in [-0.4, -0.2) is 11.7 Å². The molecule has 1 nitrogen and oxygen atoms in total. The van der Waals surface area contributed by atoms with Crippen LogP contribution in [0.15, 0.2) is 0 Å². The molecule has 0 radical (unpaired) electrons. The fraction of sp³-hybridized carbons (Fsp3) is 1.00. The van der Waals surface area contributed by atoms with E-state index < -0.39 is 0 Å². The van der Waals surface area contributed by atoms with E-state index in [0.29, 0.717) is 6.61 Å². The highest BCUT2D eigenvalue weighted by Gasteiger charge is 2.06. The number of aliphatic hydroxyl groups excluding tert-OH is 1. The van der Waals surface area contributed by atoms with Crippen molar-refractivity contribution in [1.82, 2.24) is 0 Å². The van der Waals surface area contributed by atoms with Crippen LogP contribution < -0.4 is 0 Å². The third kappa shape index (κ3) is 8.29. The summed E-state index contributed by atoms with van der Waals surface area (Å²) >= 11 is 0. The molecule has 0 bridgehead atoms. The van der Waals surface area contributed by atoms with Gasteiger partial charge in [-0.05, 0) is 12.3 Å². The van der Waals surface area contributed by atoms with E-state index in [2.05, 4.69) is 13.8 Å². The van der Waals surface area contributed by atoms with Crippen molar-refractivity contribution >= 4 is 0 Å². The maximum atomic E-state index is 8.69. The fourth-order valence-electron chi connectivity index (χ4n) is 1.88. The van der Waals surface area contributed by atoms with Gasteiger partial charge < -0.3 is 5.11 Å². The molecule has 0 aromatic carbocycles. The SMILES string of the molecule is CCCCC(CCC)CCCCO. The van der Waals surface area contributed by atoms with Crippen LogP contribution >= 0.6 is 0 Å². The van der Waals surface area contributed by atoms with E-state index in [1.54, 1.807) is 0 Å². The van der Waals surface area contributed by atoms with Crippen LogP contribution in [-0.2, 0) is 0 Å². The summed E-state index contributed by atoms with van der Waals surface area (Å²) in [5.41, 5.74) is 0. The number of unbranched alkanes of at least 4 members (excludes halogenated alkanes) is 2. The minimum absolute atomic E-state index is 0.368. The first-order valence-corrected chi connectivity index (χ1v) is 5.96. The minimum atomic E-state index is 0.368. The van der Waals surface area contributed by atoms with Crippen LogP contribution in [0, 0.1) is 5.92 Å². The van der Waals surface area contributed by atoms with Crippen LogP contribution in [0.4, 0.5) is 0 Å². The van der Waals surface area contributed by atoms with Crippen LogP contribution in [0.25, 0.3) is 0 Å². The van der Waals surface area contributed by atoms with E-state index in [1.807, 2.05) is 0 Å². The van der Waals surface area contributed by atoms with Gasteiger partial charge in [-0.15, -0.1) is 0 Å². The minimum Gasteiger partial charge on any atom is -0.396 e. The molecule has 0 rings (SSSR count). The van der Waals surface area contributed by atoms with Gasteiger partial charge in [0.25, 0.3) is 0 Å². The molecule has 1 unspecified atom stereocenters. The van der Waals surface area contributed by atoms with Gasteiger partial charge in [-0.25, -0.2) is 0 Å². The molecule has 0 aromatic rings. The van der Waals surface area contributed by atoms with Gasteiger partial charge in [0.2, 0.25) is 0 Å². The molecule has 0 aliphatic heterocycles. The number of hydrogen-bond donors (Lipinski definition) is 1. The Morgan fingerprint density at radius 2 is 1.54 bits per heavy atom. The normalized spacial score (nSPS) is 13.2. The zero-order valence-corrected chi connectivity index (χ0v) is 9.39. The van der Waals surface area contributed by atoms with Crippen molar-refractivity contribution < 1.29 is 5.11 Å². The first-order valence-electron chi connectivity index (χ1n) is 5.96. The standard InChI is InChI=1S/C12H26O/c1-3-5-9-12(8-4-2)10-6-7-11-13/h12-13H,3-11H2,1-2H3. The lowest BCUT2D eigenvalue weighted by atomic mass is 9.92. The van der Waals surface area contributed by atoms with Crippen molar-refractivity contribution in [3.8, 4) is 0 Å². The first-order chi connectivity index (χ1) is 6.35. The van der Waals surface area contributed by atoms with Gasteiger partial charge in [0.05, 0.1) is 0 Å². The number of rotatable bonds is 9. The second kappa shape index (κ2) is 10.0. The lowest BCUT2D eigenvalue weighted by molar-refractivity contribution is 0.274. The number of hydrogen-bond acceptors (Lipinski definition) is 1. The molecule has 1 N–H and O–H groups in total. The molecular formula is C12H26O. The summed E-state index contributed by atoms with van der Waals surface area (Å²) in [6.07, 6.45) is 10.3. The van der Waals surface area contributed by atoms with E-state index in [-0.39, 0.29) is 0 Å². The van der Waals surface area contributed by atoms with Gasteiger partial charge in [-0.3, -0.25) is 0 Å². The number of aliphatic hydroxyl groups is 1. The van der Waals surface area contributed by atoms with Gasteiger partial charge in [0, 0.05) is 6.61 Å². The van der Waals surface area contributed by atoms with E-state index in [9.17, 15) is 0 Å². The highest BCUT2D eigenvalue weighted by molar-refractivity contribution is 4.59. The Hall–Kier alpha value is -0.0400.